The van der Waals surface area contributed by atoms with Gasteiger partial charge < -0.3 is 10.2 Å². The highest BCUT2D eigenvalue weighted by atomic mass is 35.5. The molecule has 0 aromatic carbocycles. The van der Waals surface area contributed by atoms with E-state index < -0.39 is 0 Å². The van der Waals surface area contributed by atoms with Gasteiger partial charge in [-0.05, 0) is 45.1 Å². The van der Waals surface area contributed by atoms with Crippen molar-refractivity contribution in [2.24, 2.45) is 11.8 Å². The summed E-state index contributed by atoms with van der Waals surface area (Å²) in [5, 5.41) is 3.32. The van der Waals surface area contributed by atoms with Gasteiger partial charge in [-0.1, -0.05) is 0 Å². The highest BCUT2D eigenvalue weighted by Crippen LogP contribution is 2.30. The van der Waals surface area contributed by atoms with Crippen LogP contribution in [0.3, 0.4) is 0 Å². The minimum absolute atomic E-state index is 0. The third-order valence-electron chi connectivity index (χ3n) is 3.52. The van der Waals surface area contributed by atoms with E-state index in [4.69, 9.17) is 0 Å². The first-order valence-corrected chi connectivity index (χ1v) is 6.30. The fourth-order valence-electron chi connectivity index (χ4n) is 2.31. The van der Waals surface area contributed by atoms with Crippen LogP contribution < -0.4 is 5.32 Å². The standard InChI is InChI=1S/C12H22N2O.ClH/c1-2-14(9-10-5-6-10)12(15)11-4-3-7-13-8-11;/h10-11,13H,2-9H2,1H3;1H/t11-;/m1./s1. The molecule has 1 N–H and O–H groups in total. The van der Waals surface area contributed by atoms with Crippen LogP contribution in [0.15, 0.2) is 0 Å². The zero-order valence-corrected chi connectivity index (χ0v) is 10.9. The molecule has 0 aromatic rings. The molecule has 0 spiro atoms. The van der Waals surface area contributed by atoms with Gasteiger partial charge in [-0.2, -0.15) is 0 Å². The molecule has 0 unspecified atom stereocenters. The fraction of sp³-hybridized carbons (Fsp3) is 0.917. The van der Waals surface area contributed by atoms with Crippen LogP contribution in [0.25, 0.3) is 0 Å². The number of carbonyl (C=O) groups excluding carboxylic acids is 1. The highest BCUT2D eigenvalue weighted by Gasteiger charge is 2.29. The largest absolute Gasteiger partial charge is 0.342 e. The summed E-state index contributed by atoms with van der Waals surface area (Å²) in [7, 11) is 0. The van der Waals surface area contributed by atoms with Crippen molar-refractivity contribution in [2.45, 2.75) is 32.6 Å². The molecule has 2 rings (SSSR count). The van der Waals surface area contributed by atoms with Crippen LogP contribution in [0.1, 0.15) is 32.6 Å². The Morgan fingerprint density at radius 1 is 1.38 bits per heavy atom. The molecule has 1 aliphatic heterocycles. The monoisotopic (exact) mass is 246 g/mol. The Morgan fingerprint density at radius 3 is 2.62 bits per heavy atom. The molecule has 1 saturated carbocycles. The Morgan fingerprint density at radius 2 is 2.12 bits per heavy atom. The Labute approximate surface area is 104 Å². The summed E-state index contributed by atoms with van der Waals surface area (Å²) in [6.07, 6.45) is 4.88. The van der Waals surface area contributed by atoms with E-state index in [1.807, 2.05) is 0 Å². The molecule has 16 heavy (non-hydrogen) atoms. The maximum absolute atomic E-state index is 12.2. The van der Waals surface area contributed by atoms with Crippen molar-refractivity contribution in [3.05, 3.63) is 0 Å². The third-order valence-corrected chi connectivity index (χ3v) is 3.52. The van der Waals surface area contributed by atoms with Crippen molar-refractivity contribution >= 4 is 18.3 Å². The van der Waals surface area contributed by atoms with Crippen LogP contribution in [0, 0.1) is 11.8 Å². The van der Waals surface area contributed by atoms with Gasteiger partial charge in [0.25, 0.3) is 0 Å². The number of carbonyl (C=O) groups is 1. The van der Waals surface area contributed by atoms with Crippen molar-refractivity contribution in [3.8, 4) is 0 Å². The van der Waals surface area contributed by atoms with Crippen molar-refractivity contribution < 1.29 is 4.79 Å². The average molecular weight is 247 g/mol. The number of piperidine rings is 1. The van der Waals surface area contributed by atoms with Crippen LogP contribution in [0.5, 0.6) is 0 Å². The smallest absolute Gasteiger partial charge is 0.226 e. The molecule has 1 aliphatic carbocycles. The normalized spacial score (nSPS) is 24.7. The van der Waals surface area contributed by atoms with Crippen LogP contribution in [0.4, 0.5) is 0 Å². The lowest BCUT2D eigenvalue weighted by atomic mass is 9.98. The number of halogens is 1. The number of hydrogen-bond donors (Lipinski definition) is 1. The number of nitrogens with one attached hydrogen (secondary N) is 1. The first kappa shape index (κ1) is 13.8. The van der Waals surface area contributed by atoms with Crippen LogP contribution in [-0.4, -0.2) is 37.0 Å². The van der Waals surface area contributed by atoms with E-state index >= 15 is 0 Å². The Bertz CT molecular complexity index is 225. The highest BCUT2D eigenvalue weighted by molar-refractivity contribution is 5.85. The van der Waals surface area contributed by atoms with Gasteiger partial charge in [-0.25, -0.2) is 0 Å². The molecule has 1 saturated heterocycles. The van der Waals surface area contributed by atoms with E-state index in [0.29, 0.717) is 5.91 Å². The summed E-state index contributed by atoms with van der Waals surface area (Å²) in [4.78, 5) is 14.2. The van der Waals surface area contributed by atoms with Crippen molar-refractivity contribution in [1.29, 1.82) is 0 Å². The lowest BCUT2D eigenvalue weighted by Gasteiger charge is -2.29. The molecular formula is C12H23ClN2O. The van der Waals surface area contributed by atoms with Gasteiger partial charge in [0, 0.05) is 19.6 Å². The summed E-state index contributed by atoms with van der Waals surface area (Å²) in [5.41, 5.74) is 0. The van der Waals surface area contributed by atoms with Gasteiger partial charge in [-0.3, -0.25) is 4.79 Å². The molecule has 3 nitrogen and oxygen atoms in total. The molecular weight excluding hydrogens is 224 g/mol. The molecule has 1 heterocycles. The maximum Gasteiger partial charge on any atom is 0.226 e. The van der Waals surface area contributed by atoms with Gasteiger partial charge >= 0.3 is 0 Å². The SMILES string of the molecule is CCN(CC1CC1)C(=O)[C@@H]1CCCNC1.Cl. The van der Waals surface area contributed by atoms with Gasteiger partial charge in [0.2, 0.25) is 5.91 Å². The zero-order valence-electron chi connectivity index (χ0n) is 10.1. The molecule has 4 heteroatoms. The maximum atomic E-state index is 12.2. The summed E-state index contributed by atoms with van der Waals surface area (Å²) in [5.74, 6) is 1.44. The molecule has 0 aromatic heterocycles. The summed E-state index contributed by atoms with van der Waals surface area (Å²) in [6, 6.07) is 0. The molecule has 1 amide bonds. The van der Waals surface area contributed by atoms with E-state index in [0.717, 1.165) is 44.9 Å². The second-order valence-corrected chi connectivity index (χ2v) is 4.86. The molecule has 94 valence electrons. The summed E-state index contributed by atoms with van der Waals surface area (Å²) >= 11 is 0. The van der Waals surface area contributed by atoms with Crippen LogP contribution in [0.2, 0.25) is 0 Å². The van der Waals surface area contributed by atoms with E-state index in [2.05, 4.69) is 17.1 Å². The molecule has 2 fully saturated rings. The van der Waals surface area contributed by atoms with Gasteiger partial charge in [0.05, 0.1) is 5.92 Å². The first-order chi connectivity index (χ1) is 7.31. The van der Waals surface area contributed by atoms with Crippen molar-refractivity contribution in [3.63, 3.8) is 0 Å². The topological polar surface area (TPSA) is 32.3 Å². The molecule has 0 bridgehead atoms. The van der Waals surface area contributed by atoms with Crippen molar-refractivity contribution in [2.75, 3.05) is 26.2 Å². The summed E-state index contributed by atoms with van der Waals surface area (Å²) < 4.78 is 0. The molecule has 2 aliphatic rings. The van der Waals surface area contributed by atoms with Gasteiger partial charge in [0.1, 0.15) is 0 Å². The van der Waals surface area contributed by atoms with Crippen molar-refractivity contribution in [1.82, 2.24) is 10.2 Å². The Balaban J connectivity index is 0.00000128. The Hall–Kier alpha value is -0.280. The second kappa shape index (κ2) is 6.45. The van der Waals surface area contributed by atoms with Gasteiger partial charge in [0.15, 0.2) is 0 Å². The third kappa shape index (κ3) is 3.63. The fourth-order valence-corrected chi connectivity index (χ4v) is 2.31. The number of amides is 1. The van der Waals surface area contributed by atoms with E-state index in [-0.39, 0.29) is 18.3 Å². The van der Waals surface area contributed by atoms with E-state index in [9.17, 15) is 4.79 Å². The average Bonchev–Trinajstić information content (AvgIpc) is 3.10. The van der Waals surface area contributed by atoms with Gasteiger partial charge in [-0.15, -0.1) is 12.4 Å². The predicted molar refractivity (Wildman–Crippen MR) is 67.8 cm³/mol. The van der Waals surface area contributed by atoms with E-state index in [1.165, 1.54) is 12.8 Å². The number of rotatable bonds is 4. The number of hydrogen-bond acceptors (Lipinski definition) is 2. The predicted octanol–water partition coefficient (Wildman–Crippen LogP) is 1.67. The zero-order chi connectivity index (χ0) is 10.7. The molecule has 1 atom stereocenters. The first-order valence-electron chi connectivity index (χ1n) is 6.30. The summed E-state index contributed by atoms with van der Waals surface area (Å²) in [6.45, 7) is 5.95. The second-order valence-electron chi connectivity index (χ2n) is 4.86. The Kier molecular flexibility index (Phi) is 5.56. The van der Waals surface area contributed by atoms with Crippen LogP contribution >= 0.6 is 12.4 Å². The minimum atomic E-state index is 0. The van der Waals surface area contributed by atoms with Crippen LogP contribution in [-0.2, 0) is 4.79 Å². The molecule has 0 radical (unpaired) electrons. The minimum Gasteiger partial charge on any atom is -0.342 e. The lowest BCUT2D eigenvalue weighted by molar-refractivity contribution is -0.136. The van der Waals surface area contributed by atoms with E-state index in [1.54, 1.807) is 0 Å². The lowest BCUT2D eigenvalue weighted by Crippen LogP contribution is -2.43. The quantitative estimate of drug-likeness (QED) is 0.819. The number of nitrogens with zero attached hydrogens (tertiary/aromatic N) is 1.